The lowest BCUT2D eigenvalue weighted by molar-refractivity contribution is -0.148. The zero-order chi connectivity index (χ0) is 24.6. The van der Waals surface area contributed by atoms with Gasteiger partial charge in [0, 0.05) is 21.9 Å². The number of carbonyl (C=O) groups excluding carboxylic acids is 2. The number of benzene rings is 3. The molecule has 1 heterocycles. The van der Waals surface area contributed by atoms with Crippen LogP contribution in [0.4, 0.5) is 0 Å². The summed E-state index contributed by atoms with van der Waals surface area (Å²) in [5.74, 6) is -1.27. The molecule has 3 aromatic rings. The number of nitrogens with one attached hydrogen (secondary N) is 1. The third kappa shape index (κ3) is 3.33. The van der Waals surface area contributed by atoms with Gasteiger partial charge in [-0.15, -0.1) is 0 Å². The van der Waals surface area contributed by atoms with E-state index >= 15 is 0 Å². The minimum Gasteiger partial charge on any atom is -0.466 e. The van der Waals surface area contributed by atoms with Crippen LogP contribution in [0.15, 0.2) is 84.9 Å². The highest BCUT2D eigenvalue weighted by Gasteiger charge is 2.90. The number of hydrogen-bond donors (Lipinski definition) is 1. The standard InChI is InChI=1S/C29H28ClNO4/c1-3-34-26(32)23-28(20-11-7-5-8-12-20)24(19-15-17-22(30)18-16-19)31-25(27(33)35-4-2)29(23,28)21-13-9-6-10-14-21/h5-18,23-25,31H,3-4H2,1-2H3/t23-,24-,25+,28+,29-/m0/s1. The van der Waals surface area contributed by atoms with E-state index in [-0.39, 0.29) is 31.2 Å². The van der Waals surface area contributed by atoms with Crippen LogP contribution in [-0.2, 0) is 29.9 Å². The summed E-state index contributed by atoms with van der Waals surface area (Å²) in [6.07, 6.45) is 0. The summed E-state index contributed by atoms with van der Waals surface area (Å²) >= 11 is 6.21. The van der Waals surface area contributed by atoms with Gasteiger partial charge in [0.1, 0.15) is 6.04 Å². The molecule has 1 saturated heterocycles. The van der Waals surface area contributed by atoms with E-state index < -0.39 is 22.8 Å². The van der Waals surface area contributed by atoms with Crippen molar-refractivity contribution in [2.24, 2.45) is 5.92 Å². The molecular formula is C29H28ClNO4. The van der Waals surface area contributed by atoms with E-state index in [1.807, 2.05) is 84.9 Å². The first-order chi connectivity index (χ1) is 17.0. The molecule has 35 heavy (non-hydrogen) atoms. The summed E-state index contributed by atoms with van der Waals surface area (Å²) in [7, 11) is 0. The zero-order valence-corrected chi connectivity index (χ0v) is 20.5. The van der Waals surface area contributed by atoms with Crippen molar-refractivity contribution in [1.29, 1.82) is 0 Å². The number of carbonyl (C=O) groups is 2. The van der Waals surface area contributed by atoms with E-state index in [1.165, 1.54) is 0 Å². The maximum absolute atomic E-state index is 13.7. The topological polar surface area (TPSA) is 64.6 Å². The van der Waals surface area contributed by atoms with Crippen LogP contribution in [0.3, 0.4) is 0 Å². The molecule has 0 aromatic heterocycles. The highest BCUT2D eigenvalue weighted by atomic mass is 35.5. The molecule has 1 saturated carbocycles. The Balaban J connectivity index is 1.82. The van der Waals surface area contributed by atoms with Gasteiger partial charge in [0.05, 0.1) is 19.1 Å². The fraction of sp³-hybridized carbons (Fsp3) is 0.310. The Labute approximate surface area is 210 Å². The van der Waals surface area contributed by atoms with Gasteiger partial charge in [-0.3, -0.25) is 14.9 Å². The maximum Gasteiger partial charge on any atom is 0.324 e. The summed E-state index contributed by atoms with van der Waals surface area (Å²) in [5, 5.41) is 4.21. The van der Waals surface area contributed by atoms with Crippen molar-refractivity contribution in [1.82, 2.24) is 5.32 Å². The average molecular weight is 490 g/mol. The summed E-state index contributed by atoms with van der Waals surface area (Å²) in [6.45, 7) is 4.10. The van der Waals surface area contributed by atoms with Crippen LogP contribution in [0.25, 0.3) is 0 Å². The third-order valence-corrected chi connectivity index (χ3v) is 7.76. The van der Waals surface area contributed by atoms with E-state index in [2.05, 4.69) is 5.32 Å². The largest absolute Gasteiger partial charge is 0.466 e. The molecule has 5 rings (SSSR count). The summed E-state index contributed by atoms with van der Waals surface area (Å²) in [5.41, 5.74) is 1.16. The van der Waals surface area contributed by atoms with Gasteiger partial charge in [0.15, 0.2) is 0 Å². The molecule has 6 heteroatoms. The quantitative estimate of drug-likeness (QED) is 0.474. The molecule has 0 radical (unpaired) electrons. The minimum atomic E-state index is -0.890. The molecule has 5 atom stereocenters. The molecule has 3 aromatic carbocycles. The monoisotopic (exact) mass is 489 g/mol. The van der Waals surface area contributed by atoms with Gasteiger partial charge in [0.2, 0.25) is 0 Å². The molecule has 0 spiro atoms. The molecule has 5 nitrogen and oxygen atoms in total. The lowest BCUT2D eigenvalue weighted by Crippen LogP contribution is -2.46. The van der Waals surface area contributed by atoms with Crippen LogP contribution in [0.2, 0.25) is 5.02 Å². The van der Waals surface area contributed by atoms with Crippen molar-refractivity contribution in [3.8, 4) is 0 Å². The van der Waals surface area contributed by atoms with Crippen LogP contribution in [0.1, 0.15) is 36.6 Å². The Bertz CT molecular complexity index is 1220. The number of hydrogen-bond acceptors (Lipinski definition) is 5. The van der Waals surface area contributed by atoms with Crippen molar-refractivity contribution >= 4 is 23.5 Å². The summed E-state index contributed by atoms with van der Waals surface area (Å²) in [4.78, 5) is 27.2. The minimum absolute atomic E-state index is 0.246. The lowest BCUT2D eigenvalue weighted by Gasteiger charge is -2.27. The second-order valence-corrected chi connectivity index (χ2v) is 9.43. The predicted molar refractivity (Wildman–Crippen MR) is 134 cm³/mol. The fourth-order valence-electron chi connectivity index (χ4n) is 6.42. The molecule has 0 amide bonds. The van der Waals surface area contributed by atoms with Gasteiger partial charge in [0.25, 0.3) is 0 Å². The SMILES string of the molecule is CCOC(=O)[C@@H]1[C@@]2(c3ccccc3)[C@@H](C(=O)OCC)N[C@@H](c3ccc(Cl)cc3)[C@@]12c1ccccc1. The van der Waals surface area contributed by atoms with E-state index in [9.17, 15) is 9.59 Å². The molecule has 1 aliphatic heterocycles. The van der Waals surface area contributed by atoms with Crippen molar-refractivity contribution in [2.45, 2.75) is 36.8 Å². The molecule has 2 fully saturated rings. The molecule has 2 aliphatic rings. The number of fused-ring (bicyclic) bond motifs is 1. The third-order valence-electron chi connectivity index (χ3n) is 7.51. The molecular weight excluding hydrogens is 462 g/mol. The Morgan fingerprint density at radius 1 is 0.771 bits per heavy atom. The Morgan fingerprint density at radius 2 is 1.29 bits per heavy atom. The Morgan fingerprint density at radius 3 is 1.83 bits per heavy atom. The van der Waals surface area contributed by atoms with Gasteiger partial charge in [-0.2, -0.15) is 0 Å². The Hall–Kier alpha value is -3.15. The van der Waals surface area contributed by atoms with Gasteiger partial charge in [-0.1, -0.05) is 84.4 Å². The van der Waals surface area contributed by atoms with Gasteiger partial charge >= 0.3 is 11.9 Å². The highest BCUT2D eigenvalue weighted by Crippen LogP contribution is 2.79. The van der Waals surface area contributed by atoms with Crippen molar-refractivity contribution < 1.29 is 19.1 Å². The zero-order valence-electron chi connectivity index (χ0n) is 19.7. The summed E-state index contributed by atoms with van der Waals surface area (Å²) in [6, 6.07) is 26.2. The van der Waals surface area contributed by atoms with Crippen LogP contribution in [0.5, 0.6) is 0 Å². The first-order valence-corrected chi connectivity index (χ1v) is 12.4. The van der Waals surface area contributed by atoms with E-state index in [0.717, 1.165) is 16.7 Å². The van der Waals surface area contributed by atoms with Crippen LogP contribution in [0, 0.1) is 5.92 Å². The van der Waals surface area contributed by atoms with Crippen LogP contribution >= 0.6 is 11.6 Å². The number of halogens is 1. The summed E-state index contributed by atoms with van der Waals surface area (Å²) < 4.78 is 11.2. The van der Waals surface area contributed by atoms with Crippen molar-refractivity contribution in [2.75, 3.05) is 13.2 Å². The molecule has 180 valence electrons. The number of ether oxygens (including phenoxy) is 2. The predicted octanol–water partition coefficient (Wildman–Crippen LogP) is 4.98. The Kier molecular flexibility index (Phi) is 6.16. The van der Waals surface area contributed by atoms with Crippen molar-refractivity contribution in [3.63, 3.8) is 0 Å². The second-order valence-electron chi connectivity index (χ2n) is 8.99. The highest BCUT2D eigenvalue weighted by molar-refractivity contribution is 6.30. The second kappa shape index (κ2) is 9.14. The van der Waals surface area contributed by atoms with Crippen LogP contribution < -0.4 is 5.32 Å². The van der Waals surface area contributed by atoms with E-state index in [0.29, 0.717) is 5.02 Å². The first-order valence-electron chi connectivity index (χ1n) is 12.0. The smallest absolute Gasteiger partial charge is 0.324 e. The molecule has 0 bridgehead atoms. The van der Waals surface area contributed by atoms with E-state index in [4.69, 9.17) is 21.1 Å². The molecule has 0 unspecified atom stereocenters. The average Bonchev–Trinajstić information content (AvgIpc) is 3.41. The maximum atomic E-state index is 13.7. The van der Waals surface area contributed by atoms with Gasteiger partial charge in [-0.05, 0) is 42.7 Å². The van der Waals surface area contributed by atoms with Gasteiger partial charge < -0.3 is 9.47 Å². The number of esters is 2. The fourth-order valence-corrected chi connectivity index (χ4v) is 6.55. The van der Waals surface area contributed by atoms with Gasteiger partial charge in [-0.25, -0.2) is 0 Å². The van der Waals surface area contributed by atoms with E-state index in [1.54, 1.807) is 13.8 Å². The molecule has 1 aliphatic carbocycles. The number of rotatable bonds is 7. The molecule has 1 N–H and O–H groups in total. The normalized spacial score (nSPS) is 28.7. The van der Waals surface area contributed by atoms with Crippen LogP contribution in [-0.4, -0.2) is 31.2 Å². The first kappa shape index (κ1) is 23.6. The van der Waals surface area contributed by atoms with Crippen molar-refractivity contribution in [3.05, 3.63) is 107 Å². The number of piperidine rings is 1. The lowest BCUT2D eigenvalue weighted by atomic mass is 9.76.